The molecule has 100 valence electrons. The third-order valence-corrected chi connectivity index (χ3v) is 3.15. The fraction of sp³-hybridized carbons (Fsp3) is 0.417. The Kier molecular flexibility index (Phi) is 6.07. The normalized spacial score (nSPS) is 12.1. The van der Waals surface area contributed by atoms with Gasteiger partial charge in [0.25, 0.3) is 0 Å². The molecule has 0 saturated heterocycles. The first-order valence-electron chi connectivity index (χ1n) is 5.69. The summed E-state index contributed by atoms with van der Waals surface area (Å²) >= 11 is 3.32. The lowest BCUT2D eigenvalue weighted by atomic mass is 10.2. The summed E-state index contributed by atoms with van der Waals surface area (Å²) in [5.41, 5.74) is 6.05. The van der Waals surface area contributed by atoms with E-state index < -0.39 is 0 Å². The number of hydrogen-bond donors (Lipinski definition) is 2. The molecule has 0 radical (unpaired) electrons. The molecule has 0 aliphatic rings. The van der Waals surface area contributed by atoms with Gasteiger partial charge in [0.2, 0.25) is 0 Å². The fourth-order valence-electron chi connectivity index (χ4n) is 1.58. The average Bonchev–Trinajstić information content (AvgIpc) is 2.37. The molecule has 0 heterocycles. The number of halogens is 2. The molecule has 0 aromatic heterocycles. The number of amidine groups is 1. The van der Waals surface area contributed by atoms with Gasteiger partial charge in [-0.25, -0.2) is 4.39 Å². The van der Waals surface area contributed by atoms with Crippen LogP contribution in [0.4, 0.5) is 4.39 Å². The van der Waals surface area contributed by atoms with Crippen molar-refractivity contribution in [2.45, 2.75) is 19.9 Å². The maximum Gasteiger partial charge on any atom is 0.140 e. The van der Waals surface area contributed by atoms with Crippen molar-refractivity contribution in [3.63, 3.8) is 0 Å². The van der Waals surface area contributed by atoms with Gasteiger partial charge in [-0.15, -0.1) is 0 Å². The van der Waals surface area contributed by atoms with Gasteiger partial charge in [0.05, 0.1) is 0 Å². The van der Waals surface area contributed by atoms with E-state index in [1.807, 2.05) is 11.8 Å². The summed E-state index contributed by atoms with van der Waals surface area (Å²) in [6.07, 6.45) is 0.458. The number of nitrogens with two attached hydrogens (primary N) is 1. The fourth-order valence-corrected chi connectivity index (χ4v) is 1.99. The molecule has 18 heavy (non-hydrogen) atoms. The highest BCUT2D eigenvalue weighted by Crippen LogP contribution is 2.17. The van der Waals surface area contributed by atoms with E-state index in [1.165, 1.54) is 6.07 Å². The van der Waals surface area contributed by atoms with Gasteiger partial charge in [-0.1, -0.05) is 28.0 Å². The number of hydrogen-bond acceptors (Lipinski definition) is 3. The van der Waals surface area contributed by atoms with Crippen LogP contribution in [0.2, 0.25) is 0 Å². The monoisotopic (exact) mass is 317 g/mol. The van der Waals surface area contributed by atoms with E-state index in [2.05, 4.69) is 21.1 Å². The smallest absolute Gasteiger partial charge is 0.140 e. The molecule has 0 aliphatic carbocycles. The summed E-state index contributed by atoms with van der Waals surface area (Å²) in [5, 5.41) is 11.4. The van der Waals surface area contributed by atoms with E-state index in [0.29, 0.717) is 25.1 Å². The molecule has 1 aromatic carbocycles. The Bertz CT molecular complexity index is 426. The molecular weight excluding hydrogens is 301 g/mol. The lowest BCUT2D eigenvalue weighted by Gasteiger charge is -2.20. The van der Waals surface area contributed by atoms with E-state index in [9.17, 15) is 4.39 Å². The van der Waals surface area contributed by atoms with E-state index in [1.54, 1.807) is 12.1 Å². The van der Waals surface area contributed by atoms with Crippen molar-refractivity contribution in [2.24, 2.45) is 10.9 Å². The summed E-state index contributed by atoms with van der Waals surface area (Å²) in [5.74, 6) is -0.0383. The van der Waals surface area contributed by atoms with Crippen LogP contribution in [0.15, 0.2) is 27.8 Å². The summed E-state index contributed by atoms with van der Waals surface area (Å²) in [6, 6.07) is 4.88. The molecule has 0 amide bonds. The van der Waals surface area contributed by atoms with Crippen molar-refractivity contribution >= 4 is 21.8 Å². The summed E-state index contributed by atoms with van der Waals surface area (Å²) in [6.45, 7) is 3.88. The van der Waals surface area contributed by atoms with Gasteiger partial charge < -0.3 is 10.9 Å². The van der Waals surface area contributed by atoms with Gasteiger partial charge >= 0.3 is 0 Å². The van der Waals surface area contributed by atoms with E-state index >= 15 is 0 Å². The maximum absolute atomic E-state index is 13.6. The minimum atomic E-state index is -0.222. The standard InChI is InChI=1S/C12H17BrFN3O/c1-2-17(6-5-12(15)16-18)8-9-7-10(13)3-4-11(9)14/h3-4,7,18H,2,5-6,8H2,1H3,(H2,15,16). The Morgan fingerprint density at radius 1 is 1.56 bits per heavy atom. The molecule has 4 nitrogen and oxygen atoms in total. The third kappa shape index (κ3) is 4.62. The lowest BCUT2D eigenvalue weighted by molar-refractivity contribution is 0.279. The minimum absolute atomic E-state index is 0.183. The van der Waals surface area contributed by atoms with Crippen LogP contribution in [0.3, 0.4) is 0 Å². The Morgan fingerprint density at radius 2 is 2.28 bits per heavy atom. The quantitative estimate of drug-likeness (QED) is 0.367. The van der Waals surface area contributed by atoms with Crippen molar-refractivity contribution in [2.75, 3.05) is 13.1 Å². The van der Waals surface area contributed by atoms with Gasteiger partial charge in [0, 0.05) is 29.5 Å². The van der Waals surface area contributed by atoms with Crippen LogP contribution in [0.25, 0.3) is 0 Å². The van der Waals surface area contributed by atoms with Crippen LogP contribution in [0.5, 0.6) is 0 Å². The Labute approximate surface area is 114 Å². The molecule has 6 heteroatoms. The first-order chi connectivity index (χ1) is 8.56. The largest absolute Gasteiger partial charge is 0.409 e. The summed E-state index contributed by atoms with van der Waals surface area (Å²) < 4.78 is 14.4. The second-order valence-electron chi connectivity index (χ2n) is 3.95. The van der Waals surface area contributed by atoms with E-state index in [4.69, 9.17) is 10.9 Å². The van der Waals surface area contributed by atoms with E-state index in [-0.39, 0.29) is 11.7 Å². The Morgan fingerprint density at radius 3 is 2.89 bits per heavy atom. The SMILES string of the molecule is CCN(CC/C(N)=N/O)Cc1cc(Br)ccc1F. The predicted octanol–water partition coefficient (Wildman–Crippen LogP) is 2.55. The number of nitrogens with zero attached hydrogens (tertiary/aromatic N) is 2. The van der Waals surface area contributed by atoms with Crippen LogP contribution in [0.1, 0.15) is 18.9 Å². The van der Waals surface area contributed by atoms with Gasteiger partial charge in [0.1, 0.15) is 11.7 Å². The zero-order valence-electron chi connectivity index (χ0n) is 10.2. The maximum atomic E-state index is 13.6. The van der Waals surface area contributed by atoms with Crippen LogP contribution < -0.4 is 5.73 Å². The van der Waals surface area contributed by atoms with Crippen LogP contribution in [-0.4, -0.2) is 29.0 Å². The zero-order chi connectivity index (χ0) is 13.5. The Hall–Kier alpha value is -1.14. The summed E-state index contributed by atoms with van der Waals surface area (Å²) in [7, 11) is 0. The second-order valence-corrected chi connectivity index (χ2v) is 4.86. The van der Waals surface area contributed by atoms with E-state index in [0.717, 1.165) is 11.0 Å². The average molecular weight is 318 g/mol. The highest BCUT2D eigenvalue weighted by molar-refractivity contribution is 9.10. The van der Waals surface area contributed by atoms with Crippen molar-refractivity contribution in [3.8, 4) is 0 Å². The molecule has 0 spiro atoms. The van der Waals surface area contributed by atoms with Gasteiger partial charge in [-0.05, 0) is 24.7 Å². The lowest BCUT2D eigenvalue weighted by Crippen LogP contribution is -2.28. The van der Waals surface area contributed by atoms with Crippen molar-refractivity contribution in [1.82, 2.24) is 4.90 Å². The molecule has 0 bridgehead atoms. The second kappa shape index (κ2) is 7.33. The predicted molar refractivity (Wildman–Crippen MR) is 73.1 cm³/mol. The molecule has 0 saturated carbocycles. The molecule has 1 aromatic rings. The number of rotatable bonds is 6. The molecule has 0 atom stereocenters. The number of oxime groups is 1. The van der Waals surface area contributed by atoms with Gasteiger partial charge in [-0.2, -0.15) is 0 Å². The molecule has 0 unspecified atom stereocenters. The van der Waals surface area contributed by atoms with Crippen molar-refractivity contribution in [1.29, 1.82) is 0 Å². The van der Waals surface area contributed by atoms with Crippen LogP contribution in [0, 0.1) is 5.82 Å². The molecular formula is C12H17BrFN3O. The minimum Gasteiger partial charge on any atom is -0.409 e. The first-order valence-corrected chi connectivity index (χ1v) is 6.48. The topological polar surface area (TPSA) is 61.8 Å². The molecule has 1 rings (SSSR count). The molecule has 3 N–H and O–H groups in total. The molecule has 0 fully saturated rings. The van der Waals surface area contributed by atoms with Crippen molar-refractivity contribution in [3.05, 3.63) is 34.1 Å². The first kappa shape index (κ1) is 14.9. The van der Waals surface area contributed by atoms with Gasteiger partial charge in [0.15, 0.2) is 0 Å². The number of benzene rings is 1. The third-order valence-electron chi connectivity index (χ3n) is 2.66. The van der Waals surface area contributed by atoms with Gasteiger partial charge in [-0.3, -0.25) is 4.90 Å². The highest BCUT2D eigenvalue weighted by Gasteiger charge is 2.09. The molecule has 0 aliphatic heterocycles. The van der Waals surface area contributed by atoms with Crippen molar-refractivity contribution < 1.29 is 9.60 Å². The summed E-state index contributed by atoms with van der Waals surface area (Å²) in [4.78, 5) is 2.03. The Balaban J connectivity index is 2.65. The highest BCUT2D eigenvalue weighted by atomic mass is 79.9. The van der Waals surface area contributed by atoms with Crippen LogP contribution >= 0.6 is 15.9 Å². The van der Waals surface area contributed by atoms with Crippen LogP contribution in [-0.2, 0) is 6.54 Å². The zero-order valence-corrected chi connectivity index (χ0v) is 11.8.